The Balaban J connectivity index is 3.27. The highest BCUT2D eigenvalue weighted by Crippen LogP contribution is 1.95. The lowest BCUT2D eigenvalue weighted by molar-refractivity contribution is -0.146. The summed E-state index contributed by atoms with van der Waals surface area (Å²) in [5.74, 6) is -2.26. The summed E-state index contributed by atoms with van der Waals surface area (Å²) in [5.41, 5.74) is 0. The molecule has 0 aromatic rings. The fourth-order valence-corrected chi connectivity index (χ4v) is 1.03. The zero-order chi connectivity index (χ0) is 15.1. The maximum absolute atomic E-state index is 11.1. The number of rotatable bonds is 12. The maximum atomic E-state index is 11.1. The van der Waals surface area contributed by atoms with Crippen molar-refractivity contribution in [2.45, 2.75) is 0 Å². The number of nitrogens with zero attached hydrogens (tertiary/aromatic N) is 2. The van der Waals surface area contributed by atoms with Gasteiger partial charge in [-0.05, 0) is 0 Å². The van der Waals surface area contributed by atoms with Crippen molar-refractivity contribution in [1.29, 1.82) is 10.5 Å². The van der Waals surface area contributed by atoms with Gasteiger partial charge in [0.05, 0.1) is 58.4 Å². The molecule has 0 bridgehead atoms. The van der Waals surface area contributed by atoms with Gasteiger partial charge >= 0.3 is 5.97 Å². The standard InChI is InChI=1S/C12H18N2O6/c13-9-11(10-14)12(16)20-8-7-19-6-5-18-4-3-17-2-1-15/h11,15H,1-8H2. The van der Waals surface area contributed by atoms with Crippen molar-refractivity contribution in [2.24, 2.45) is 5.92 Å². The van der Waals surface area contributed by atoms with E-state index in [1.54, 1.807) is 0 Å². The Kier molecular flexibility index (Phi) is 12.5. The Labute approximate surface area is 117 Å². The summed E-state index contributed by atoms with van der Waals surface area (Å²) in [4.78, 5) is 11.1. The van der Waals surface area contributed by atoms with Gasteiger partial charge in [-0.2, -0.15) is 10.5 Å². The van der Waals surface area contributed by atoms with E-state index in [9.17, 15) is 4.79 Å². The Bertz CT molecular complexity index is 322. The first-order valence-corrected chi connectivity index (χ1v) is 6.06. The molecule has 112 valence electrons. The molecule has 0 aromatic heterocycles. The molecule has 0 saturated heterocycles. The van der Waals surface area contributed by atoms with Gasteiger partial charge in [-0.15, -0.1) is 0 Å². The number of aliphatic hydroxyl groups excluding tert-OH is 1. The predicted molar refractivity (Wildman–Crippen MR) is 65.2 cm³/mol. The SMILES string of the molecule is N#CC(C#N)C(=O)OCCOCCOCCOCCO. The van der Waals surface area contributed by atoms with Crippen LogP contribution in [0, 0.1) is 28.6 Å². The average molecular weight is 286 g/mol. The van der Waals surface area contributed by atoms with E-state index in [4.69, 9.17) is 29.8 Å². The Morgan fingerprint density at radius 2 is 1.35 bits per heavy atom. The van der Waals surface area contributed by atoms with E-state index in [1.807, 2.05) is 0 Å². The van der Waals surface area contributed by atoms with E-state index in [-0.39, 0.29) is 26.4 Å². The van der Waals surface area contributed by atoms with Crippen LogP contribution in [0.5, 0.6) is 0 Å². The van der Waals surface area contributed by atoms with Crippen LogP contribution in [0.15, 0.2) is 0 Å². The fourth-order valence-electron chi connectivity index (χ4n) is 1.03. The molecule has 1 N–H and O–H groups in total. The summed E-state index contributed by atoms with van der Waals surface area (Å²) < 4.78 is 19.9. The van der Waals surface area contributed by atoms with Gasteiger partial charge in [0.2, 0.25) is 5.92 Å². The average Bonchev–Trinajstić information content (AvgIpc) is 2.46. The molecule has 0 unspecified atom stereocenters. The minimum atomic E-state index is -1.39. The largest absolute Gasteiger partial charge is 0.461 e. The van der Waals surface area contributed by atoms with Crippen molar-refractivity contribution < 1.29 is 28.8 Å². The fraction of sp³-hybridized carbons (Fsp3) is 0.750. The third-order valence-corrected chi connectivity index (χ3v) is 1.95. The number of esters is 1. The van der Waals surface area contributed by atoms with Crippen molar-refractivity contribution in [1.82, 2.24) is 0 Å². The second-order valence-electron chi connectivity index (χ2n) is 3.42. The van der Waals surface area contributed by atoms with E-state index in [0.717, 1.165) is 0 Å². The number of aliphatic hydroxyl groups is 1. The van der Waals surface area contributed by atoms with Crippen LogP contribution in [0.4, 0.5) is 0 Å². The first-order valence-electron chi connectivity index (χ1n) is 6.06. The van der Waals surface area contributed by atoms with E-state index in [2.05, 4.69) is 4.74 Å². The molecule has 0 heterocycles. The van der Waals surface area contributed by atoms with Crippen molar-refractivity contribution in [3.63, 3.8) is 0 Å². The molecule has 0 aromatic carbocycles. The molecule has 0 aliphatic rings. The van der Waals surface area contributed by atoms with Crippen LogP contribution in [0.1, 0.15) is 0 Å². The lowest BCUT2D eigenvalue weighted by Gasteiger charge is -2.07. The minimum Gasteiger partial charge on any atom is -0.461 e. The summed E-state index contributed by atoms with van der Waals surface area (Å²) in [6, 6.07) is 3.03. The summed E-state index contributed by atoms with van der Waals surface area (Å²) in [6.07, 6.45) is 0. The van der Waals surface area contributed by atoms with Crippen molar-refractivity contribution in [3.8, 4) is 12.1 Å². The molecule has 0 fully saturated rings. The lowest BCUT2D eigenvalue weighted by Crippen LogP contribution is -2.18. The van der Waals surface area contributed by atoms with Gasteiger partial charge in [-0.25, -0.2) is 4.79 Å². The van der Waals surface area contributed by atoms with Crippen LogP contribution in [0.25, 0.3) is 0 Å². The van der Waals surface area contributed by atoms with Crippen LogP contribution in [-0.2, 0) is 23.7 Å². The monoisotopic (exact) mass is 286 g/mol. The van der Waals surface area contributed by atoms with Crippen molar-refractivity contribution in [2.75, 3.05) is 52.9 Å². The second kappa shape index (κ2) is 13.7. The third kappa shape index (κ3) is 10.2. The molecule has 0 atom stereocenters. The third-order valence-electron chi connectivity index (χ3n) is 1.95. The highest BCUT2D eigenvalue weighted by Gasteiger charge is 2.17. The van der Waals surface area contributed by atoms with Gasteiger partial charge in [-0.3, -0.25) is 0 Å². The van der Waals surface area contributed by atoms with E-state index < -0.39 is 11.9 Å². The van der Waals surface area contributed by atoms with E-state index in [1.165, 1.54) is 12.1 Å². The van der Waals surface area contributed by atoms with Crippen molar-refractivity contribution in [3.05, 3.63) is 0 Å². The summed E-state index contributed by atoms with van der Waals surface area (Å²) >= 11 is 0. The molecule has 0 aliphatic carbocycles. The van der Waals surface area contributed by atoms with Crippen LogP contribution in [0.3, 0.4) is 0 Å². The smallest absolute Gasteiger partial charge is 0.338 e. The van der Waals surface area contributed by atoms with Crippen LogP contribution >= 0.6 is 0 Å². The number of nitriles is 2. The number of carbonyl (C=O) groups is 1. The molecule has 0 spiro atoms. The molecule has 8 nitrogen and oxygen atoms in total. The molecule has 0 radical (unpaired) electrons. The Morgan fingerprint density at radius 1 is 0.900 bits per heavy atom. The zero-order valence-corrected chi connectivity index (χ0v) is 11.1. The molecular weight excluding hydrogens is 268 g/mol. The minimum absolute atomic E-state index is 0.0136. The van der Waals surface area contributed by atoms with Gasteiger partial charge in [0.15, 0.2) is 0 Å². The van der Waals surface area contributed by atoms with Gasteiger partial charge in [0.25, 0.3) is 0 Å². The maximum Gasteiger partial charge on any atom is 0.338 e. The summed E-state index contributed by atoms with van der Waals surface area (Å²) in [7, 11) is 0. The first-order chi connectivity index (χ1) is 9.76. The molecule has 8 heteroatoms. The van der Waals surface area contributed by atoms with Crippen LogP contribution in [0.2, 0.25) is 0 Å². The molecule has 0 aliphatic heterocycles. The van der Waals surface area contributed by atoms with Gasteiger partial charge in [0.1, 0.15) is 6.61 Å². The number of hydrogen-bond donors (Lipinski definition) is 1. The van der Waals surface area contributed by atoms with E-state index >= 15 is 0 Å². The Morgan fingerprint density at radius 3 is 1.80 bits per heavy atom. The summed E-state index contributed by atoms with van der Waals surface area (Å²) in [5, 5.41) is 25.3. The summed E-state index contributed by atoms with van der Waals surface area (Å²) in [6.45, 7) is 1.94. The van der Waals surface area contributed by atoms with Crippen LogP contribution in [-0.4, -0.2) is 63.9 Å². The highest BCUT2D eigenvalue weighted by molar-refractivity contribution is 5.78. The topological polar surface area (TPSA) is 122 Å². The van der Waals surface area contributed by atoms with Gasteiger partial charge in [-0.1, -0.05) is 0 Å². The van der Waals surface area contributed by atoms with Crippen molar-refractivity contribution >= 4 is 5.97 Å². The van der Waals surface area contributed by atoms with Gasteiger partial charge < -0.3 is 24.1 Å². The zero-order valence-electron chi connectivity index (χ0n) is 11.1. The van der Waals surface area contributed by atoms with Crippen LogP contribution < -0.4 is 0 Å². The number of hydrogen-bond acceptors (Lipinski definition) is 8. The second-order valence-corrected chi connectivity index (χ2v) is 3.42. The quantitative estimate of drug-likeness (QED) is 0.367. The number of ether oxygens (including phenoxy) is 4. The lowest BCUT2D eigenvalue weighted by atomic mass is 10.2. The predicted octanol–water partition coefficient (Wildman–Crippen LogP) is -0.765. The number of carbonyl (C=O) groups excluding carboxylic acids is 1. The van der Waals surface area contributed by atoms with E-state index in [0.29, 0.717) is 26.4 Å². The molecule has 0 saturated carbocycles. The normalized spacial score (nSPS) is 10.0. The molecular formula is C12H18N2O6. The molecule has 0 rings (SSSR count). The highest BCUT2D eigenvalue weighted by atomic mass is 16.6. The van der Waals surface area contributed by atoms with Gasteiger partial charge in [0, 0.05) is 0 Å². The Hall–Kier alpha value is -1.71. The molecule has 20 heavy (non-hydrogen) atoms. The molecule has 0 amide bonds. The first kappa shape index (κ1) is 18.3.